The zero-order valence-electron chi connectivity index (χ0n) is 10.2. The molecule has 17 heavy (non-hydrogen) atoms. The van der Waals surface area contributed by atoms with Gasteiger partial charge in [-0.15, -0.1) is 0 Å². The lowest BCUT2D eigenvalue weighted by atomic mass is 10.0. The Morgan fingerprint density at radius 3 is 2.53 bits per heavy atom. The molecule has 2 rings (SSSR count). The normalized spacial score (nSPS) is 11.1. The van der Waals surface area contributed by atoms with Gasteiger partial charge in [-0.05, 0) is 31.0 Å². The van der Waals surface area contributed by atoms with Crippen LogP contribution in [0.4, 0.5) is 0 Å². The molecule has 0 radical (unpaired) electrons. The number of pyridine rings is 1. The monoisotopic (exact) mass is 250 g/mol. The lowest BCUT2D eigenvalue weighted by molar-refractivity contribution is 0.859. The minimum atomic E-state index is -0.0390. The first kappa shape index (κ1) is 12.1. The molecule has 0 aliphatic rings. The number of aryl methyl sites for hydroxylation is 3. The van der Waals surface area contributed by atoms with Crippen molar-refractivity contribution >= 4 is 22.5 Å². The van der Waals surface area contributed by atoms with Crippen molar-refractivity contribution in [2.75, 3.05) is 0 Å². The molecule has 1 aromatic heterocycles. The molecule has 90 valence electrons. The topological polar surface area (TPSA) is 48.0 Å². The molecule has 0 saturated heterocycles. The maximum Gasteiger partial charge on any atom is 0.255 e. The van der Waals surface area contributed by atoms with Gasteiger partial charge in [0.05, 0.1) is 5.52 Å². The standard InChI is InChI=1S/C13H15ClN2O/c1-7-9-4-5-11(14)8(2)12(9)16(3)13(17)10(7)6-15/h4-5H,6,15H2,1-3H3. The van der Waals surface area contributed by atoms with Crippen LogP contribution in [0.25, 0.3) is 10.9 Å². The van der Waals surface area contributed by atoms with Crippen molar-refractivity contribution in [3.63, 3.8) is 0 Å². The van der Waals surface area contributed by atoms with Crippen molar-refractivity contribution in [3.8, 4) is 0 Å². The molecule has 0 aliphatic heterocycles. The van der Waals surface area contributed by atoms with Crippen LogP contribution in [0, 0.1) is 13.8 Å². The van der Waals surface area contributed by atoms with Crippen LogP contribution in [-0.2, 0) is 13.6 Å². The second-order valence-electron chi connectivity index (χ2n) is 4.24. The van der Waals surface area contributed by atoms with E-state index in [-0.39, 0.29) is 12.1 Å². The molecular formula is C13H15ClN2O. The van der Waals surface area contributed by atoms with Crippen molar-refractivity contribution in [1.82, 2.24) is 4.57 Å². The Morgan fingerprint density at radius 1 is 1.29 bits per heavy atom. The smallest absolute Gasteiger partial charge is 0.255 e. The van der Waals surface area contributed by atoms with Crippen molar-refractivity contribution < 1.29 is 0 Å². The van der Waals surface area contributed by atoms with E-state index < -0.39 is 0 Å². The minimum Gasteiger partial charge on any atom is -0.326 e. The first-order chi connectivity index (χ1) is 7.99. The van der Waals surface area contributed by atoms with E-state index in [4.69, 9.17) is 17.3 Å². The van der Waals surface area contributed by atoms with Crippen molar-refractivity contribution in [2.24, 2.45) is 12.8 Å². The number of hydrogen-bond donors (Lipinski definition) is 1. The highest BCUT2D eigenvalue weighted by Gasteiger charge is 2.13. The molecule has 0 aliphatic carbocycles. The Bertz CT molecular complexity index is 659. The molecule has 1 heterocycles. The number of nitrogens with two attached hydrogens (primary N) is 1. The third kappa shape index (κ3) is 1.66. The van der Waals surface area contributed by atoms with E-state index in [0.29, 0.717) is 10.6 Å². The molecule has 3 nitrogen and oxygen atoms in total. The largest absolute Gasteiger partial charge is 0.326 e. The van der Waals surface area contributed by atoms with E-state index in [1.807, 2.05) is 26.0 Å². The molecular weight excluding hydrogens is 236 g/mol. The van der Waals surface area contributed by atoms with E-state index >= 15 is 0 Å². The first-order valence-corrected chi connectivity index (χ1v) is 5.84. The Labute approximate surface area is 105 Å². The van der Waals surface area contributed by atoms with Gasteiger partial charge in [0.2, 0.25) is 0 Å². The highest BCUT2D eigenvalue weighted by Crippen LogP contribution is 2.27. The van der Waals surface area contributed by atoms with Crippen molar-refractivity contribution in [2.45, 2.75) is 20.4 Å². The molecule has 0 fully saturated rings. The minimum absolute atomic E-state index is 0.0390. The molecule has 2 aromatic rings. The molecule has 0 atom stereocenters. The summed E-state index contributed by atoms with van der Waals surface area (Å²) in [6.07, 6.45) is 0. The zero-order chi connectivity index (χ0) is 12.7. The summed E-state index contributed by atoms with van der Waals surface area (Å²) in [5.41, 5.74) is 9.03. The number of halogens is 1. The summed E-state index contributed by atoms with van der Waals surface area (Å²) < 4.78 is 1.63. The fraction of sp³-hybridized carbons (Fsp3) is 0.308. The number of aromatic nitrogens is 1. The summed E-state index contributed by atoms with van der Waals surface area (Å²) in [6, 6.07) is 3.80. The Morgan fingerprint density at radius 2 is 1.94 bits per heavy atom. The Balaban J connectivity index is 3.09. The molecule has 1 aromatic carbocycles. The highest BCUT2D eigenvalue weighted by molar-refractivity contribution is 6.32. The molecule has 0 spiro atoms. The molecule has 2 N–H and O–H groups in total. The van der Waals surface area contributed by atoms with Crippen LogP contribution in [0.3, 0.4) is 0 Å². The Hall–Kier alpha value is -1.32. The number of fused-ring (bicyclic) bond motifs is 1. The van der Waals surface area contributed by atoms with Gasteiger partial charge in [0.1, 0.15) is 0 Å². The van der Waals surface area contributed by atoms with E-state index in [1.165, 1.54) is 0 Å². The van der Waals surface area contributed by atoms with E-state index in [0.717, 1.165) is 22.0 Å². The number of hydrogen-bond acceptors (Lipinski definition) is 2. The van der Waals surface area contributed by atoms with Gasteiger partial charge in [0, 0.05) is 29.6 Å². The summed E-state index contributed by atoms with van der Waals surface area (Å²) >= 11 is 6.10. The zero-order valence-corrected chi connectivity index (χ0v) is 10.9. The van der Waals surface area contributed by atoms with E-state index in [2.05, 4.69) is 0 Å². The van der Waals surface area contributed by atoms with Crippen LogP contribution in [-0.4, -0.2) is 4.57 Å². The second kappa shape index (κ2) is 4.17. The van der Waals surface area contributed by atoms with Gasteiger partial charge in [-0.1, -0.05) is 17.7 Å². The maximum absolute atomic E-state index is 12.1. The fourth-order valence-electron chi connectivity index (χ4n) is 2.28. The number of nitrogens with zero attached hydrogens (tertiary/aromatic N) is 1. The molecule has 0 saturated carbocycles. The van der Waals surface area contributed by atoms with Crippen molar-refractivity contribution in [1.29, 1.82) is 0 Å². The van der Waals surface area contributed by atoms with Gasteiger partial charge < -0.3 is 10.3 Å². The van der Waals surface area contributed by atoms with Crippen LogP contribution in [0.15, 0.2) is 16.9 Å². The highest BCUT2D eigenvalue weighted by atomic mass is 35.5. The molecule has 0 unspecified atom stereocenters. The van der Waals surface area contributed by atoms with E-state index in [1.54, 1.807) is 11.6 Å². The van der Waals surface area contributed by atoms with Crippen LogP contribution in [0.1, 0.15) is 16.7 Å². The summed E-state index contributed by atoms with van der Waals surface area (Å²) in [7, 11) is 1.76. The van der Waals surface area contributed by atoms with Crippen LogP contribution in [0.5, 0.6) is 0 Å². The Kier molecular flexibility index (Phi) is 2.98. The summed E-state index contributed by atoms with van der Waals surface area (Å²) in [5.74, 6) is 0. The fourth-order valence-corrected chi connectivity index (χ4v) is 2.43. The third-order valence-electron chi connectivity index (χ3n) is 3.32. The quantitative estimate of drug-likeness (QED) is 0.844. The second-order valence-corrected chi connectivity index (χ2v) is 4.65. The van der Waals surface area contributed by atoms with Gasteiger partial charge in [-0.3, -0.25) is 4.79 Å². The van der Waals surface area contributed by atoms with Gasteiger partial charge in [0.15, 0.2) is 0 Å². The van der Waals surface area contributed by atoms with Gasteiger partial charge >= 0.3 is 0 Å². The summed E-state index contributed by atoms with van der Waals surface area (Å²) in [4.78, 5) is 12.1. The lowest BCUT2D eigenvalue weighted by Gasteiger charge is -2.14. The van der Waals surface area contributed by atoms with Gasteiger partial charge in [-0.25, -0.2) is 0 Å². The molecule has 4 heteroatoms. The lowest BCUT2D eigenvalue weighted by Crippen LogP contribution is -2.25. The van der Waals surface area contributed by atoms with Crippen LogP contribution in [0.2, 0.25) is 5.02 Å². The van der Waals surface area contributed by atoms with Crippen LogP contribution >= 0.6 is 11.6 Å². The predicted octanol–water partition coefficient (Wildman–Crippen LogP) is 2.27. The first-order valence-electron chi connectivity index (χ1n) is 5.46. The predicted molar refractivity (Wildman–Crippen MR) is 71.6 cm³/mol. The average Bonchev–Trinajstić information content (AvgIpc) is 2.30. The number of rotatable bonds is 1. The summed E-state index contributed by atoms with van der Waals surface area (Å²) in [5, 5.41) is 1.71. The van der Waals surface area contributed by atoms with Crippen LogP contribution < -0.4 is 11.3 Å². The van der Waals surface area contributed by atoms with Gasteiger partial charge in [-0.2, -0.15) is 0 Å². The average molecular weight is 251 g/mol. The van der Waals surface area contributed by atoms with Crippen molar-refractivity contribution in [3.05, 3.63) is 44.2 Å². The SMILES string of the molecule is Cc1c(CN)c(=O)n(C)c2c(C)c(Cl)ccc12. The van der Waals surface area contributed by atoms with Gasteiger partial charge in [0.25, 0.3) is 5.56 Å². The third-order valence-corrected chi connectivity index (χ3v) is 3.73. The number of benzene rings is 1. The maximum atomic E-state index is 12.1. The van der Waals surface area contributed by atoms with E-state index in [9.17, 15) is 4.79 Å². The summed E-state index contributed by atoms with van der Waals surface area (Å²) in [6.45, 7) is 4.11. The molecule has 0 bridgehead atoms. The molecule has 0 amide bonds.